The first kappa shape index (κ1) is 13.1. The van der Waals surface area contributed by atoms with Crippen LogP contribution in [0.1, 0.15) is 28.8 Å². The van der Waals surface area contributed by atoms with E-state index in [2.05, 4.69) is 5.32 Å². The van der Waals surface area contributed by atoms with Gasteiger partial charge in [-0.15, -0.1) is 0 Å². The average molecular weight is 290 g/mol. The SMILES string of the molecule is O=C(NC1(c2ccc(F)cc2)CC1)c1cccc(Cl)c1. The van der Waals surface area contributed by atoms with Crippen LogP contribution in [0.4, 0.5) is 4.39 Å². The normalized spacial score (nSPS) is 15.7. The molecule has 2 aromatic carbocycles. The molecule has 0 bridgehead atoms. The van der Waals surface area contributed by atoms with Crippen molar-refractivity contribution < 1.29 is 9.18 Å². The second-order valence-corrected chi connectivity index (χ2v) is 5.49. The number of carbonyl (C=O) groups excluding carboxylic acids is 1. The minimum Gasteiger partial charge on any atom is -0.343 e. The van der Waals surface area contributed by atoms with Crippen LogP contribution in [-0.4, -0.2) is 5.91 Å². The van der Waals surface area contributed by atoms with E-state index in [1.807, 2.05) is 0 Å². The topological polar surface area (TPSA) is 29.1 Å². The first-order chi connectivity index (χ1) is 9.59. The summed E-state index contributed by atoms with van der Waals surface area (Å²) in [6, 6.07) is 13.1. The molecule has 0 aromatic heterocycles. The van der Waals surface area contributed by atoms with Crippen LogP contribution in [-0.2, 0) is 5.54 Å². The predicted octanol–water partition coefficient (Wildman–Crippen LogP) is 3.90. The van der Waals surface area contributed by atoms with Crippen molar-refractivity contribution in [2.24, 2.45) is 0 Å². The zero-order valence-electron chi connectivity index (χ0n) is 10.7. The molecule has 1 saturated carbocycles. The van der Waals surface area contributed by atoms with Gasteiger partial charge in [0.25, 0.3) is 5.91 Å². The molecule has 20 heavy (non-hydrogen) atoms. The van der Waals surface area contributed by atoms with Gasteiger partial charge in [-0.25, -0.2) is 4.39 Å². The number of rotatable bonds is 3. The van der Waals surface area contributed by atoms with Crippen LogP contribution < -0.4 is 5.32 Å². The van der Waals surface area contributed by atoms with Gasteiger partial charge in [0.2, 0.25) is 0 Å². The summed E-state index contributed by atoms with van der Waals surface area (Å²) in [6.45, 7) is 0. The highest BCUT2D eigenvalue weighted by atomic mass is 35.5. The van der Waals surface area contributed by atoms with Crippen LogP contribution in [0.5, 0.6) is 0 Å². The van der Waals surface area contributed by atoms with E-state index in [-0.39, 0.29) is 17.3 Å². The summed E-state index contributed by atoms with van der Waals surface area (Å²) >= 11 is 5.89. The molecule has 1 amide bonds. The molecule has 3 rings (SSSR count). The molecular formula is C16H13ClFNO. The number of amides is 1. The zero-order chi connectivity index (χ0) is 14.2. The van der Waals surface area contributed by atoms with E-state index >= 15 is 0 Å². The van der Waals surface area contributed by atoms with Gasteiger partial charge >= 0.3 is 0 Å². The molecule has 0 radical (unpaired) electrons. The maximum absolute atomic E-state index is 13.0. The van der Waals surface area contributed by atoms with Crippen molar-refractivity contribution in [3.8, 4) is 0 Å². The molecule has 1 fully saturated rings. The van der Waals surface area contributed by atoms with Gasteiger partial charge in [-0.1, -0.05) is 29.8 Å². The Morgan fingerprint density at radius 1 is 1.15 bits per heavy atom. The quantitative estimate of drug-likeness (QED) is 0.912. The number of nitrogens with one attached hydrogen (secondary N) is 1. The van der Waals surface area contributed by atoms with Gasteiger partial charge in [0.05, 0.1) is 5.54 Å². The number of halogens is 2. The van der Waals surface area contributed by atoms with Crippen LogP contribution in [0.25, 0.3) is 0 Å². The van der Waals surface area contributed by atoms with Crippen molar-refractivity contribution in [2.75, 3.05) is 0 Å². The number of carbonyl (C=O) groups is 1. The van der Waals surface area contributed by atoms with E-state index in [0.717, 1.165) is 18.4 Å². The van der Waals surface area contributed by atoms with Crippen LogP contribution in [0.2, 0.25) is 5.02 Å². The fourth-order valence-corrected chi connectivity index (χ4v) is 2.49. The molecule has 102 valence electrons. The first-order valence-electron chi connectivity index (χ1n) is 6.43. The van der Waals surface area contributed by atoms with Crippen molar-refractivity contribution in [3.63, 3.8) is 0 Å². The molecule has 1 aliphatic rings. The molecule has 2 aromatic rings. The second kappa shape index (κ2) is 4.91. The molecule has 1 aliphatic carbocycles. The summed E-state index contributed by atoms with van der Waals surface area (Å²) < 4.78 is 13.0. The minimum atomic E-state index is -0.354. The molecule has 0 unspecified atom stereocenters. The summed E-state index contributed by atoms with van der Waals surface area (Å²) in [5, 5.41) is 3.56. The van der Waals surface area contributed by atoms with Gasteiger partial charge in [-0.3, -0.25) is 4.79 Å². The van der Waals surface area contributed by atoms with Crippen molar-refractivity contribution in [1.29, 1.82) is 0 Å². The summed E-state index contributed by atoms with van der Waals surface area (Å²) in [5.74, 6) is -0.431. The van der Waals surface area contributed by atoms with Crippen LogP contribution >= 0.6 is 11.6 Å². The van der Waals surface area contributed by atoms with Crippen LogP contribution in [0, 0.1) is 5.82 Å². The van der Waals surface area contributed by atoms with Crippen molar-refractivity contribution in [2.45, 2.75) is 18.4 Å². The summed E-state index contributed by atoms with van der Waals surface area (Å²) in [6.07, 6.45) is 1.73. The van der Waals surface area contributed by atoms with Crippen molar-refractivity contribution >= 4 is 17.5 Å². The second-order valence-electron chi connectivity index (χ2n) is 5.05. The largest absolute Gasteiger partial charge is 0.343 e. The van der Waals surface area contributed by atoms with Gasteiger partial charge in [0, 0.05) is 10.6 Å². The highest BCUT2D eigenvalue weighted by Gasteiger charge is 2.45. The molecule has 0 saturated heterocycles. The Kier molecular flexibility index (Phi) is 3.22. The Balaban J connectivity index is 1.80. The lowest BCUT2D eigenvalue weighted by Crippen LogP contribution is -2.34. The van der Waals surface area contributed by atoms with Gasteiger partial charge in [0.1, 0.15) is 5.82 Å². The highest BCUT2D eigenvalue weighted by Crippen LogP contribution is 2.45. The van der Waals surface area contributed by atoms with E-state index in [1.165, 1.54) is 12.1 Å². The fourth-order valence-electron chi connectivity index (χ4n) is 2.30. The Morgan fingerprint density at radius 3 is 2.45 bits per heavy atom. The van der Waals surface area contributed by atoms with E-state index in [0.29, 0.717) is 10.6 Å². The summed E-state index contributed by atoms with van der Waals surface area (Å²) in [5.41, 5.74) is 1.12. The molecule has 4 heteroatoms. The third-order valence-electron chi connectivity index (χ3n) is 3.59. The van der Waals surface area contributed by atoms with Gasteiger partial charge in [0.15, 0.2) is 0 Å². The van der Waals surface area contributed by atoms with Crippen LogP contribution in [0.15, 0.2) is 48.5 Å². The highest BCUT2D eigenvalue weighted by molar-refractivity contribution is 6.30. The average Bonchev–Trinajstić information content (AvgIpc) is 3.20. The summed E-state index contributed by atoms with van der Waals surface area (Å²) in [7, 11) is 0. The standard InChI is InChI=1S/C16H13ClFNO/c17-13-3-1-2-11(10-13)15(20)19-16(8-9-16)12-4-6-14(18)7-5-12/h1-7,10H,8-9H2,(H,19,20). The molecule has 1 N–H and O–H groups in total. The molecule has 0 aliphatic heterocycles. The maximum Gasteiger partial charge on any atom is 0.252 e. The third kappa shape index (κ3) is 2.54. The summed E-state index contributed by atoms with van der Waals surface area (Å²) in [4.78, 5) is 12.2. The van der Waals surface area contributed by atoms with Gasteiger partial charge in [-0.2, -0.15) is 0 Å². The molecule has 0 heterocycles. The Hall–Kier alpha value is -1.87. The zero-order valence-corrected chi connectivity index (χ0v) is 11.5. The Bertz CT molecular complexity index is 650. The van der Waals surface area contributed by atoms with Crippen LogP contribution in [0.3, 0.4) is 0 Å². The maximum atomic E-state index is 13.0. The number of hydrogen-bond donors (Lipinski definition) is 1. The van der Waals surface area contributed by atoms with Crippen molar-refractivity contribution in [3.05, 3.63) is 70.5 Å². The smallest absolute Gasteiger partial charge is 0.252 e. The minimum absolute atomic E-state index is 0.158. The lowest BCUT2D eigenvalue weighted by atomic mass is 10.0. The number of hydrogen-bond acceptors (Lipinski definition) is 1. The molecule has 0 atom stereocenters. The molecule has 0 spiro atoms. The monoisotopic (exact) mass is 289 g/mol. The van der Waals surface area contributed by atoms with E-state index in [9.17, 15) is 9.18 Å². The fraction of sp³-hybridized carbons (Fsp3) is 0.188. The number of benzene rings is 2. The molecule has 2 nitrogen and oxygen atoms in total. The van der Waals surface area contributed by atoms with Gasteiger partial charge in [-0.05, 0) is 48.7 Å². The lowest BCUT2D eigenvalue weighted by molar-refractivity contribution is 0.0931. The van der Waals surface area contributed by atoms with Gasteiger partial charge < -0.3 is 5.32 Å². The first-order valence-corrected chi connectivity index (χ1v) is 6.81. The van der Waals surface area contributed by atoms with E-state index in [4.69, 9.17) is 11.6 Å². The van der Waals surface area contributed by atoms with E-state index in [1.54, 1.807) is 36.4 Å². The predicted molar refractivity (Wildman–Crippen MR) is 76.2 cm³/mol. The third-order valence-corrected chi connectivity index (χ3v) is 3.82. The lowest BCUT2D eigenvalue weighted by Gasteiger charge is -2.18. The van der Waals surface area contributed by atoms with E-state index < -0.39 is 0 Å². The Morgan fingerprint density at radius 2 is 1.85 bits per heavy atom. The Labute approximate surface area is 121 Å². The van der Waals surface area contributed by atoms with Crippen molar-refractivity contribution in [1.82, 2.24) is 5.32 Å². The molecular weight excluding hydrogens is 277 g/mol.